The zero-order valence-corrected chi connectivity index (χ0v) is 14.7. The number of rotatable bonds is 5. The zero-order valence-electron chi connectivity index (χ0n) is 14.7. The first-order valence-corrected chi connectivity index (χ1v) is 8.47. The van der Waals surface area contributed by atoms with Gasteiger partial charge in [-0.05, 0) is 24.1 Å². The van der Waals surface area contributed by atoms with E-state index in [9.17, 15) is 0 Å². The van der Waals surface area contributed by atoms with Crippen LogP contribution in [0.4, 0.5) is 0 Å². The summed E-state index contributed by atoms with van der Waals surface area (Å²) in [6.07, 6.45) is 0. The van der Waals surface area contributed by atoms with Gasteiger partial charge < -0.3 is 14.8 Å². The third kappa shape index (κ3) is 3.25. The van der Waals surface area contributed by atoms with Crippen molar-refractivity contribution in [3.05, 3.63) is 59.2 Å². The summed E-state index contributed by atoms with van der Waals surface area (Å²) in [7, 11) is 3.41. The van der Waals surface area contributed by atoms with Crippen LogP contribution in [-0.4, -0.2) is 45.3 Å². The summed E-state index contributed by atoms with van der Waals surface area (Å²) in [5.74, 6) is 1.61. The Labute approximate surface area is 144 Å². The monoisotopic (exact) mass is 326 g/mol. The molecular weight excluding hydrogens is 300 g/mol. The van der Waals surface area contributed by atoms with Crippen LogP contribution in [0.15, 0.2) is 42.5 Å². The molecule has 128 valence electrons. The van der Waals surface area contributed by atoms with E-state index < -0.39 is 0 Å². The molecule has 0 bridgehead atoms. The quantitative estimate of drug-likeness (QED) is 0.916. The minimum atomic E-state index is 0.165. The molecule has 1 atom stereocenters. The standard InChI is InChI=1S/C20H26N2O2/c1-15-7-4-5-8-16(15)19(22-13-11-21-12-14-22)17-9-6-10-18(23-2)20(17)24-3/h4-10,19,21H,11-14H2,1-3H3. The number of benzene rings is 2. The van der Waals surface area contributed by atoms with E-state index in [-0.39, 0.29) is 6.04 Å². The van der Waals surface area contributed by atoms with E-state index in [1.807, 2.05) is 12.1 Å². The molecule has 1 saturated heterocycles. The number of methoxy groups -OCH3 is 2. The van der Waals surface area contributed by atoms with Gasteiger partial charge in [-0.25, -0.2) is 0 Å². The van der Waals surface area contributed by atoms with Gasteiger partial charge >= 0.3 is 0 Å². The highest BCUT2D eigenvalue weighted by Gasteiger charge is 2.28. The van der Waals surface area contributed by atoms with Gasteiger partial charge in [0.2, 0.25) is 0 Å². The molecule has 0 spiro atoms. The average Bonchev–Trinajstić information content (AvgIpc) is 2.64. The van der Waals surface area contributed by atoms with Crippen molar-refractivity contribution in [3.63, 3.8) is 0 Å². The summed E-state index contributed by atoms with van der Waals surface area (Å²) in [6, 6.07) is 14.9. The summed E-state index contributed by atoms with van der Waals surface area (Å²) in [6.45, 7) is 6.22. The summed E-state index contributed by atoms with van der Waals surface area (Å²) in [5, 5.41) is 3.44. The van der Waals surface area contributed by atoms with Crippen molar-refractivity contribution in [1.82, 2.24) is 10.2 Å². The second-order valence-corrected chi connectivity index (χ2v) is 6.13. The van der Waals surface area contributed by atoms with Gasteiger partial charge in [0, 0.05) is 31.7 Å². The lowest BCUT2D eigenvalue weighted by molar-refractivity contribution is 0.194. The highest BCUT2D eigenvalue weighted by molar-refractivity contribution is 5.51. The van der Waals surface area contributed by atoms with Gasteiger partial charge in [-0.2, -0.15) is 0 Å². The predicted octanol–water partition coefficient (Wildman–Crippen LogP) is 3.01. The maximum absolute atomic E-state index is 5.73. The van der Waals surface area contributed by atoms with Crippen molar-refractivity contribution in [1.29, 1.82) is 0 Å². The molecule has 3 rings (SSSR count). The van der Waals surface area contributed by atoms with E-state index in [1.54, 1.807) is 14.2 Å². The molecule has 1 aliphatic heterocycles. The molecule has 0 aliphatic carbocycles. The van der Waals surface area contributed by atoms with Crippen molar-refractivity contribution in [2.45, 2.75) is 13.0 Å². The van der Waals surface area contributed by atoms with Gasteiger partial charge in [-0.1, -0.05) is 36.4 Å². The van der Waals surface area contributed by atoms with Crippen LogP contribution in [0.1, 0.15) is 22.7 Å². The molecule has 1 unspecified atom stereocenters. The second kappa shape index (κ2) is 7.69. The average molecular weight is 326 g/mol. The van der Waals surface area contributed by atoms with E-state index in [2.05, 4.69) is 47.5 Å². The summed E-state index contributed by atoms with van der Waals surface area (Å²) in [5.41, 5.74) is 3.78. The van der Waals surface area contributed by atoms with Crippen molar-refractivity contribution in [2.75, 3.05) is 40.4 Å². The molecule has 4 heteroatoms. The Kier molecular flexibility index (Phi) is 5.38. The predicted molar refractivity (Wildman–Crippen MR) is 97.0 cm³/mol. The Morgan fingerprint density at radius 2 is 1.62 bits per heavy atom. The first-order chi connectivity index (χ1) is 11.8. The smallest absolute Gasteiger partial charge is 0.165 e. The number of piperazine rings is 1. The van der Waals surface area contributed by atoms with Crippen LogP contribution in [0.5, 0.6) is 11.5 Å². The van der Waals surface area contributed by atoms with Gasteiger partial charge in [0.05, 0.1) is 20.3 Å². The van der Waals surface area contributed by atoms with Crippen LogP contribution < -0.4 is 14.8 Å². The third-order valence-electron chi connectivity index (χ3n) is 4.73. The number of aryl methyl sites for hydroxylation is 1. The van der Waals surface area contributed by atoms with Crippen LogP contribution in [0.25, 0.3) is 0 Å². The largest absolute Gasteiger partial charge is 0.493 e. The lowest BCUT2D eigenvalue weighted by Gasteiger charge is -2.37. The molecule has 0 aromatic heterocycles. The van der Waals surface area contributed by atoms with Gasteiger partial charge in [-0.3, -0.25) is 4.90 Å². The Bertz CT molecular complexity index is 681. The molecule has 2 aromatic carbocycles. The zero-order chi connectivity index (χ0) is 16.9. The Hall–Kier alpha value is -2.04. The minimum absolute atomic E-state index is 0.165. The fourth-order valence-electron chi connectivity index (χ4n) is 3.52. The lowest BCUT2D eigenvalue weighted by atomic mass is 9.92. The topological polar surface area (TPSA) is 33.7 Å². The molecule has 1 aliphatic rings. The van der Waals surface area contributed by atoms with E-state index in [0.29, 0.717) is 0 Å². The first-order valence-electron chi connectivity index (χ1n) is 8.47. The van der Waals surface area contributed by atoms with Crippen LogP contribution in [0, 0.1) is 6.92 Å². The van der Waals surface area contributed by atoms with E-state index >= 15 is 0 Å². The first kappa shape index (κ1) is 16.8. The van der Waals surface area contributed by atoms with Crippen molar-refractivity contribution >= 4 is 0 Å². The number of hydrogen-bond acceptors (Lipinski definition) is 4. The lowest BCUT2D eigenvalue weighted by Crippen LogP contribution is -2.45. The normalized spacial score (nSPS) is 16.6. The number of nitrogens with zero attached hydrogens (tertiary/aromatic N) is 1. The van der Waals surface area contributed by atoms with E-state index in [4.69, 9.17) is 9.47 Å². The third-order valence-corrected chi connectivity index (χ3v) is 4.73. The molecule has 0 amide bonds. The van der Waals surface area contributed by atoms with Gasteiger partial charge in [0.1, 0.15) is 0 Å². The van der Waals surface area contributed by atoms with Gasteiger partial charge in [0.15, 0.2) is 11.5 Å². The highest BCUT2D eigenvalue weighted by atomic mass is 16.5. The summed E-state index contributed by atoms with van der Waals surface area (Å²) >= 11 is 0. The molecule has 1 N–H and O–H groups in total. The maximum atomic E-state index is 5.73. The molecule has 0 radical (unpaired) electrons. The number of para-hydroxylation sites is 1. The molecular formula is C20H26N2O2. The fourth-order valence-corrected chi connectivity index (χ4v) is 3.52. The SMILES string of the molecule is COc1cccc(C(c2ccccc2C)N2CCNCC2)c1OC. The van der Waals surface area contributed by atoms with E-state index in [0.717, 1.165) is 43.2 Å². The molecule has 1 fully saturated rings. The Morgan fingerprint density at radius 1 is 0.917 bits per heavy atom. The van der Waals surface area contributed by atoms with Crippen molar-refractivity contribution in [3.8, 4) is 11.5 Å². The van der Waals surface area contributed by atoms with Crippen molar-refractivity contribution < 1.29 is 9.47 Å². The van der Waals surface area contributed by atoms with Gasteiger partial charge in [-0.15, -0.1) is 0 Å². The van der Waals surface area contributed by atoms with Crippen LogP contribution >= 0.6 is 0 Å². The van der Waals surface area contributed by atoms with Crippen LogP contribution in [0.2, 0.25) is 0 Å². The number of ether oxygens (including phenoxy) is 2. The second-order valence-electron chi connectivity index (χ2n) is 6.13. The summed E-state index contributed by atoms with van der Waals surface area (Å²) < 4.78 is 11.3. The molecule has 1 heterocycles. The summed E-state index contributed by atoms with van der Waals surface area (Å²) in [4.78, 5) is 2.52. The molecule has 24 heavy (non-hydrogen) atoms. The maximum Gasteiger partial charge on any atom is 0.165 e. The molecule has 0 saturated carbocycles. The number of hydrogen-bond donors (Lipinski definition) is 1. The Balaban J connectivity index is 2.13. The van der Waals surface area contributed by atoms with Gasteiger partial charge in [0.25, 0.3) is 0 Å². The molecule has 4 nitrogen and oxygen atoms in total. The molecule has 2 aromatic rings. The van der Waals surface area contributed by atoms with Crippen LogP contribution in [-0.2, 0) is 0 Å². The van der Waals surface area contributed by atoms with Crippen molar-refractivity contribution in [2.24, 2.45) is 0 Å². The number of nitrogens with one attached hydrogen (secondary N) is 1. The Morgan fingerprint density at radius 3 is 2.29 bits per heavy atom. The highest BCUT2D eigenvalue weighted by Crippen LogP contribution is 2.40. The fraction of sp³-hybridized carbons (Fsp3) is 0.400. The van der Waals surface area contributed by atoms with E-state index in [1.165, 1.54) is 11.1 Å². The minimum Gasteiger partial charge on any atom is -0.493 e. The van der Waals surface area contributed by atoms with Crippen LogP contribution in [0.3, 0.4) is 0 Å².